The van der Waals surface area contributed by atoms with Gasteiger partial charge >= 0.3 is 0 Å². The molecule has 0 atom stereocenters. The highest BCUT2D eigenvalue weighted by molar-refractivity contribution is 5.69. The van der Waals surface area contributed by atoms with Gasteiger partial charge in [0.05, 0.1) is 11.7 Å². The Morgan fingerprint density at radius 3 is 2.71 bits per heavy atom. The maximum Gasteiger partial charge on any atom is 0.154 e. The minimum atomic E-state index is -0.0574. The zero-order chi connectivity index (χ0) is 15.6. The van der Waals surface area contributed by atoms with Crippen LogP contribution in [-0.2, 0) is 5.41 Å². The standard InChI is InChI=1S/C16H25N5/c1-6-7-12(10-20(5)17)13-8-14-9-18-15(16(2,3)4)19-21(14)11-13/h8-11H,6-7,17H2,1-5H3/b12-10+. The van der Waals surface area contributed by atoms with Crippen molar-refractivity contribution in [1.82, 2.24) is 19.6 Å². The molecule has 0 radical (unpaired) electrons. The van der Waals surface area contributed by atoms with Crippen LogP contribution in [-0.4, -0.2) is 26.7 Å². The van der Waals surface area contributed by atoms with Gasteiger partial charge in [0.1, 0.15) is 0 Å². The highest BCUT2D eigenvalue weighted by Crippen LogP contribution is 2.24. The van der Waals surface area contributed by atoms with Gasteiger partial charge in [0.25, 0.3) is 0 Å². The SMILES string of the molecule is CCC/C(=C\N(C)N)c1cc2cnc(C(C)(C)C)nn2c1. The van der Waals surface area contributed by atoms with Crippen LogP contribution >= 0.6 is 0 Å². The van der Waals surface area contributed by atoms with E-state index in [9.17, 15) is 0 Å². The van der Waals surface area contributed by atoms with E-state index in [1.54, 1.807) is 5.01 Å². The molecule has 2 N–H and O–H groups in total. The van der Waals surface area contributed by atoms with Crippen molar-refractivity contribution >= 4 is 11.1 Å². The van der Waals surface area contributed by atoms with Crippen molar-refractivity contribution in [1.29, 1.82) is 0 Å². The van der Waals surface area contributed by atoms with Crippen LogP contribution < -0.4 is 5.84 Å². The molecule has 21 heavy (non-hydrogen) atoms. The lowest BCUT2D eigenvalue weighted by Gasteiger charge is -2.15. The fraction of sp³-hybridized carbons (Fsp3) is 0.500. The molecule has 2 aromatic rings. The van der Waals surface area contributed by atoms with E-state index in [2.05, 4.69) is 50.0 Å². The Morgan fingerprint density at radius 1 is 1.43 bits per heavy atom. The normalized spacial score (nSPS) is 13.0. The van der Waals surface area contributed by atoms with Crippen molar-refractivity contribution in [2.24, 2.45) is 5.84 Å². The van der Waals surface area contributed by atoms with E-state index in [1.165, 1.54) is 5.57 Å². The van der Waals surface area contributed by atoms with Gasteiger partial charge in [-0.05, 0) is 23.6 Å². The predicted molar refractivity (Wildman–Crippen MR) is 86.5 cm³/mol. The molecule has 0 aliphatic carbocycles. The molecule has 2 aromatic heterocycles. The van der Waals surface area contributed by atoms with Gasteiger partial charge in [-0.2, -0.15) is 5.10 Å². The smallest absolute Gasteiger partial charge is 0.154 e. The van der Waals surface area contributed by atoms with Crippen molar-refractivity contribution < 1.29 is 0 Å². The van der Waals surface area contributed by atoms with Crippen LogP contribution in [0.5, 0.6) is 0 Å². The van der Waals surface area contributed by atoms with E-state index in [-0.39, 0.29) is 5.41 Å². The molecule has 0 amide bonds. The minimum absolute atomic E-state index is 0.0574. The van der Waals surface area contributed by atoms with Gasteiger partial charge in [0.15, 0.2) is 5.82 Å². The summed E-state index contributed by atoms with van der Waals surface area (Å²) in [6.07, 6.45) is 7.96. The van der Waals surface area contributed by atoms with Crippen molar-refractivity contribution in [3.8, 4) is 0 Å². The molecule has 0 aliphatic rings. The average Bonchev–Trinajstić information content (AvgIpc) is 2.79. The quantitative estimate of drug-likeness (QED) is 0.694. The summed E-state index contributed by atoms with van der Waals surface area (Å²) >= 11 is 0. The van der Waals surface area contributed by atoms with Crippen molar-refractivity contribution in [3.05, 3.63) is 36.0 Å². The van der Waals surface area contributed by atoms with E-state index in [1.807, 2.05) is 24.0 Å². The first kappa shape index (κ1) is 15.5. The minimum Gasteiger partial charge on any atom is -0.321 e. The Kier molecular flexibility index (Phi) is 4.32. The summed E-state index contributed by atoms with van der Waals surface area (Å²) in [4.78, 5) is 4.47. The fourth-order valence-electron chi connectivity index (χ4n) is 2.23. The number of nitrogens with zero attached hydrogens (tertiary/aromatic N) is 4. The molecule has 0 aliphatic heterocycles. The predicted octanol–water partition coefficient (Wildman–Crippen LogP) is 2.97. The van der Waals surface area contributed by atoms with Crippen molar-refractivity contribution in [3.63, 3.8) is 0 Å². The summed E-state index contributed by atoms with van der Waals surface area (Å²) < 4.78 is 1.91. The third-order valence-corrected chi connectivity index (χ3v) is 3.27. The van der Waals surface area contributed by atoms with Crippen LogP contribution in [0.15, 0.2) is 24.7 Å². The maximum absolute atomic E-state index is 5.76. The number of hydrazine groups is 1. The first-order valence-corrected chi connectivity index (χ1v) is 7.35. The van der Waals surface area contributed by atoms with Crippen LogP contribution in [0.2, 0.25) is 0 Å². The third kappa shape index (κ3) is 3.61. The lowest BCUT2D eigenvalue weighted by Crippen LogP contribution is -2.19. The number of hydrogen-bond donors (Lipinski definition) is 1. The highest BCUT2D eigenvalue weighted by Gasteiger charge is 2.18. The molecule has 114 valence electrons. The average molecular weight is 287 g/mol. The van der Waals surface area contributed by atoms with Crippen LogP contribution in [0, 0.1) is 0 Å². The molecular weight excluding hydrogens is 262 g/mol. The molecule has 0 saturated carbocycles. The van der Waals surface area contributed by atoms with Gasteiger partial charge in [-0.15, -0.1) is 0 Å². The zero-order valence-electron chi connectivity index (χ0n) is 13.6. The number of hydrogen-bond acceptors (Lipinski definition) is 4. The first-order chi connectivity index (χ1) is 9.81. The molecular formula is C16H25N5. The summed E-state index contributed by atoms with van der Waals surface area (Å²) in [6.45, 7) is 8.51. The van der Waals surface area contributed by atoms with E-state index >= 15 is 0 Å². The molecule has 0 saturated heterocycles. The monoisotopic (exact) mass is 287 g/mol. The number of aromatic nitrogens is 3. The molecule has 2 rings (SSSR count). The second-order valence-corrected chi connectivity index (χ2v) is 6.50. The molecule has 0 fully saturated rings. The topological polar surface area (TPSA) is 59.5 Å². The van der Waals surface area contributed by atoms with E-state index in [0.29, 0.717) is 0 Å². The van der Waals surface area contributed by atoms with Crippen LogP contribution in [0.4, 0.5) is 0 Å². The molecule has 5 heteroatoms. The van der Waals surface area contributed by atoms with Gasteiger partial charge in [-0.1, -0.05) is 34.1 Å². The van der Waals surface area contributed by atoms with Gasteiger partial charge < -0.3 is 5.01 Å². The fourth-order valence-corrected chi connectivity index (χ4v) is 2.23. The largest absolute Gasteiger partial charge is 0.321 e. The second kappa shape index (κ2) is 5.85. The van der Waals surface area contributed by atoms with Gasteiger partial charge in [-0.25, -0.2) is 15.3 Å². The Balaban J connectivity index is 2.46. The number of allylic oxidation sites excluding steroid dienone is 1. The molecule has 0 spiro atoms. The van der Waals surface area contributed by atoms with E-state index in [4.69, 9.17) is 5.84 Å². The summed E-state index contributed by atoms with van der Waals surface area (Å²) in [7, 11) is 1.84. The summed E-state index contributed by atoms with van der Waals surface area (Å²) in [6, 6.07) is 2.11. The van der Waals surface area contributed by atoms with Crippen molar-refractivity contribution in [2.75, 3.05) is 7.05 Å². The number of nitrogens with two attached hydrogens (primary N) is 1. The highest BCUT2D eigenvalue weighted by atomic mass is 15.4. The Hall–Kier alpha value is -1.88. The van der Waals surface area contributed by atoms with Gasteiger partial charge in [0, 0.05) is 24.9 Å². The Labute approximate surface area is 126 Å². The van der Waals surface area contributed by atoms with E-state index < -0.39 is 0 Å². The molecule has 2 heterocycles. The maximum atomic E-state index is 5.76. The Morgan fingerprint density at radius 2 is 2.14 bits per heavy atom. The van der Waals surface area contributed by atoms with Gasteiger partial charge in [-0.3, -0.25) is 0 Å². The lowest BCUT2D eigenvalue weighted by molar-refractivity contribution is 0.485. The zero-order valence-corrected chi connectivity index (χ0v) is 13.6. The van der Waals surface area contributed by atoms with Crippen molar-refractivity contribution in [2.45, 2.75) is 46.0 Å². The van der Waals surface area contributed by atoms with Crippen LogP contribution in [0.3, 0.4) is 0 Å². The third-order valence-electron chi connectivity index (χ3n) is 3.27. The summed E-state index contributed by atoms with van der Waals surface area (Å²) in [5, 5.41) is 6.22. The molecule has 0 aromatic carbocycles. The first-order valence-electron chi connectivity index (χ1n) is 7.35. The molecule has 0 unspecified atom stereocenters. The summed E-state index contributed by atoms with van der Waals surface area (Å²) in [5.41, 5.74) is 3.30. The second-order valence-electron chi connectivity index (χ2n) is 6.50. The Bertz CT molecular complexity index is 646. The van der Waals surface area contributed by atoms with Gasteiger partial charge in [0.2, 0.25) is 0 Å². The van der Waals surface area contributed by atoms with Crippen LogP contribution in [0.25, 0.3) is 11.1 Å². The molecule has 5 nitrogen and oxygen atoms in total. The van der Waals surface area contributed by atoms with E-state index in [0.717, 1.165) is 29.7 Å². The lowest BCUT2D eigenvalue weighted by atomic mass is 9.96. The van der Waals surface area contributed by atoms with Crippen LogP contribution in [0.1, 0.15) is 51.9 Å². The number of fused-ring (bicyclic) bond motifs is 1. The summed E-state index contributed by atoms with van der Waals surface area (Å²) in [5.74, 6) is 6.60. The number of rotatable bonds is 4. The molecule has 0 bridgehead atoms.